The molecule has 0 heterocycles. The summed E-state index contributed by atoms with van der Waals surface area (Å²) >= 11 is 0. The van der Waals surface area contributed by atoms with E-state index < -0.39 is 6.04 Å². The van der Waals surface area contributed by atoms with Crippen LogP contribution in [0.3, 0.4) is 0 Å². The molecule has 0 spiro atoms. The van der Waals surface area contributed by atoms with Crippen molar-refractivity contribution < 1.29 is 14.3 Å². The Bertz CT molecular complexity index is 860. The Morgan fingerprint density at radius 1 is 0.970 bits per heavy atom. The number of aryl methyl sites for hydroxylation is 1. The molecule has 0 aliphatic carbocycles. The molecule has 0 saturated carbocycles. The highest BCUT2D eigenvalue weighted by atomic mass is 16.5. The maximum Gasteiger partial charge on any atom is 0.242 e. The molecular formula is C28H40N2O3. The van der Waals surface area contributed by atoms with Crippen molar-refractivity contribution in [2.75, 3.05) is 13.7 Å². The third-order valence-corrected chi connectivity index (χ3v) is 6.00. The van der Waals surface area contributed by atoms with Crippen molar-refractivity contribution in [1.29, 1.82) is 0 Å². The first kappa shape index (κ1) is 26.4. The van der Waals surface area contributed by atoms with Crippen molar-refractivity contribution in [3.05, 3.63) is 65.2 Å². The van der Waals surface area contributed by atoms with E-state index in [0.29, 0.717) is 38.3 Å². The van der Waals surface area contributed by atoms with Gasteiger partial charge in [-0.2, -0.15) is 0 Å². The van der Waals surface area contributed by atoms with Gasteiger partial charge in [-0.25, -0.2) is 0 Å². The second-order valence-corrected chi connectivity index (χ2v) is 8.83. The predicted octanol–water partition coefficient (Wildman–Crippen LogP) is 5.47. The number of rotatable bonds is 13. The molecule has 1 N–H and O–H groups in total. The summed E-state index contributed by atoms with van der Waals surface area (Å²) in [5.41, 5.74) is 3.41. The Hall–Kier alpha value is -2.82. The zero-order chi connectivity index (χ0) is 24.2. The van der Waals surface area contributed by atoms with Gasteiger partial charge in [0.25, 0.3) is 0 Å². The van der Waals surface area contributed by atoms with Crippen molar-refractivity contribution in [2.45, 2.75) is 78.3 Å². The van der Waals surface area contributed by atoms with E-state index in [0.717, 1.165) is 29.7 Å². The first-order valence-corrected chi connectivity index (χ1v) is 12.2. The lowest BCUT2D eigenvalue weighted by molar-refractivity contribution is -0.141. The van der Waals surface area contributed by atoms with Crippen LogP contribution in [0.5, 0.6) is 5.75 Å². The second-order valence-electron chi connectivity index (χ2n) is 8.83. The molecule has 2 rings (SSSR count). The predicted molar refractivity (Wildman–Crippen MR) is 134 cm³/mol. The number of hydrogen-bond acceptors (Lipinski definition) is 3. The molecule has 0 fully saturated rings. The van der Waals surface area contributed by atoms with Gasteiger partial charge in [0.2, 0.25) is 11.8 Å². The highest BCUT2D eigenvalue weighted by Gasteiger charge is 2.28. The smallest absolute Gasteiger partial charge is 0.242 e. The molecule has 0 aromatic heterocycles. The monoisotopic (exact) mass is 452 g/mol. The molecule has 1 atom stereocenters. The number of hydrogen-bond donors (Lipinski definition) is 1. The maximum absolute atomic E-state index is 13.4. The molecule has 2 aromatic carbocycles. The van der Waals surface area contributed by atoms with Crippen LogP contribution in [0.1, 0.15) is 76.0 Å². The largest absolute Gasteiger partial charge is 0.497 e. The minimum absolute atomic E-state index is 0.00348. The average molecular weight is 453 g/mol. The van der Waals surface area contributed by atoms with Gasteiger partial charge in [-0.1, -0.05) is 70.5 Å². The molecule has 0 radical (unpaired) electrons. The number of amides is 2. The molecule has 0 bridgehead atoms. The van der Waals surface area contributed by atoms with Crippen LogP contribution in [0.25, 0.3) is 0 Å². The second kappa shape index (κ2) is 13.7. The molecular weight excluding hydrogens is 412 g/mol. The van der Waals surface area contributed by atoms with Crippen LogP contribution < -0.4 is 10.1 Å². The Kier molecular flexibility index (Phi) is 10.9. The van der Waals surface area contributed by atoms with E-state index in [1.54, 1.807) is 12.0 Å². The van der Waals surface area contributed by atoms with E-state index in [2.05, 4.69) is 50.4 Å². The highest BCUT2D eigenvalue weighted by molar-refractivity contribution is 5.87. The fourth-order valence-corrected chi connectivity index (χ4v) is 3.82. The van der Waals surface area contributed by atoms with Crippen molar-refractivity contribution in [1.82, 2.24) is 10.2 Å². The molecule has 33 heavy (non-hydrogen) atoms. The van der Waals surface area contributed by atoms with Crippen molar-refractivity contribution >= 4 is 11.8 Å². The minimum Gasteiger partial charge on any atom is -0.497 e. The van der Waals surface area contributed by atoms with Crippen molar-refractivity contribution in [2.24, 2.45) is 0 Å². The van der Waals surface area contributed by atoms with Gasteiger partial charge in [-0.15, -0.1) is 0 Å². The van der Waals surface area contributed by atoms with Gasteiger partial charge < -0.3 is 15.0 Å². The first-order valence-electron chi connectivity index (χ1n) is 12.2. The van der Waals surface area contributed by atoms with Gasteiger partial charge in [0.05, 0.1) is 7.11 Å². The van der Waals surface area contributed by atoms with Crippen molar-refractivity contribution in [3.8, 4) is 5.75 Å². The maximum atomic E-state index is 13.4. The summed E-state index contributed by atoms with van der Waals surface area (Å²) in [7, 11) is 1.63. The van der Waals surface area contributed by atoms with Gasteiger partial charge in [-0.3, -0.25) is 9.59 Å². The fraction of sp³-hybridized carbons (Fsp3) is 0.500. The van der Waals surface area contributed by atoms with Gasteiger partial charge >= 0.3 is 0 Å². The van der Waals surface area contributed by atoms with Gasteiger partial charge in [0, 0.05) is 19.5 Å². The Morgan fingerprint density at radius 2 is 1.61 bits per heavy atom. The minimum atomic E-state index is -0.486. The van der Waals surface area contributed by atoms with Gasteiger partial charge in [-0.05, 0) is 54.0 Å². The summed E-state index contributed by atoms with van der Waals surface area (Å²) in [6.45, 7) is 9.44. The first-order chi connectivity index (χ1) is 15.9. The van der Waals surface area contributed by atoms with Crippen LogP contribution in [0, 0.1) is 0 Å². The van der Waals surface area contributed by atoms with Crippen LogP contribution in [-0.2, 0) is 22.6 Å². The summed E-state index contributed by atoms with van der Waals surface area (Å²) in [4.78, 5) is 28.1. The number of benzene rings is 2. The standard InChI is InChI=1S/C28H40N2O3/c1-6-8-19-29-28(32)26(7-2)30(20-23-11-16-25(33-5)17-12-23)27(31)18-13-22-9-14-24(15-10-22)21(3)4/h9-12,14-17,21,26H,6-8,13,18-20H2,1-5H3,(H,29,32). The molecule has 5 nitrogen and oxygen atoms in total. The van der Waals surface area contributed by atoms with Crippen LogP contribution in [0.4, 0.5) is 0 Å². The molecule has 5 heteroatoms. The lowest BCUT2D eigenvalue weighted by atomic mass is 10.00. The van der Waals surface area contributed by atoms with Crippen LogP contribution in [0.2, 0.25) is 0 Å². The third-order valence-electron chi connectivity index (χ3n) is 6.00. The zero-order valence-electron chi connectivity index (χ0n) is 20.9. The van der Waals surface area contributed by atoms with E-state index in [1.165, 1.54) is 5.56 Å². The number of methoxy groups -OCH3 is 1. The normalized spacial score (nSPS) is 11.8. The Balaban J connectivity index is 2.15. The van der Waals surface area contributed by atoms with Crippen LogP contribution in [-0.4, -0.2) is 36.4 Å². The summed E-state index contributed by atoms with van der Waals surface area (Å²) in [5.74, 6) is 1.17. The summed E-state index contributed by atoms with van der Waals surface area (Å²) < 4.78 is 5.25. The highest BCUT2D eigenvalue weighted by Crippen LogP contribution is 2.19. The third kappa shape index (κ3) is 8.23. The lowest BCUT2D eigenvalue weighted by Gasteiger charge is -2.31. The Labute approximate surface area is 199 Å². The van der Waals surface area contributed by atoms with Gasteiger partial charge in [0.15, 0.2) is 0 Å². The number of carbonyl (C=O) groups excluding carboxylic acids is 2. The SMILES string of the molecule is CCCCNC(=O)C(CC)N(Cc1ccc(OC)cc1)C(=O)CCc1ccc(C(C)C)cc1. The van der Waals surface area contributed by atoms with E-state index in [9.17, 15) is 9.59 Å². The number of nitrogens with one attached hydrogen (secondary N) is 1. The summed E-state index contributed by atoms with van der Waals surface area (Å²) in [6.07, 6.45) is 3.55. The molecule has 180 valence electrons. The zero-order valence-corrected chi connectivity index (χ0v) is 20.9. The van der Waals surface area contributed by atoms with Crippen LogP contribution in [0.15, 0.2) is 48.5 Å². The van der Waals surface area contributed by atoms with Gasteiger partial charge in [0.1, 0.15) is 11.8 Å². The van der Waals surface area contributed by atoms with E-state index in [-0.39, 0.29) is 11.8 Å². The number of unbranched alkanes of at least 4 members (excludes halogenated alkanes) is 1. The molecule has 0 aliphatic heterocycles. The molecule has 0 aliphatic rings. The number of nitrogens with zero attached hydrogens (tertiary/aromatic N) is 1. The number of ether oxygens (including phenoxy) is 1. The van der Waals surface area contributed by atoms with E-state index >= 15 is 0 Å². The molecule has 2 amide bonds. The number of carbonyl (C=O) groups is 2. The summed E-state index contributed by atoms with van der Waals surface area (Å²) in [5, 5.41) is 3.01. The van der Waals surface area contributed by atoms with Crippen molar-refractivity contribution in [3.63, 3.8) is 0 Å². The summed E-state index contributed by atoms with van der Waals surface area (Å²) in [6, 6.07) is 15.7. The molecule has 2 aromatic rings. The van der Waals surface area contributed by atoms with E-state index in [1.807, 2.05) is 31.2 Å². The van der Waals surface area contributed by atoms with E-state index in [4.69, 9.17) is 4.74 Å². The fourth-order valence-electron chi connectivity index (χ4n) is 3.82. The quantitative estimate of drug-likeness (QED) is 0.410. The Morgan fingerprint density at radius 3 is 2.15 bits per heavy atom. The molecule has 0 saturated heterocycles. The van der Waals surface area contributed by atoms with Crippen LogP contribution >= 0.6 is 0 Å². The topological polar surface area (TPSA) is 58.6 Å². The lowest BCUT2D eigenvalue weighted by Crippen LogP contribution is -2.49. The molecule has 1 unspecified atom stereocenters. The average Bonchev–Trinajstić information content (AvgIpc) is 2.83.